The van der Waals surface area contributed by atoms with E-state index in [0.29, 0.717) is 39.8 Å². The molecule has 0 bridgehead atoms. The molecule has 0 unspecified atom stereocenters. The highest BCUT2D eigenvalue weighted by atomic mass is 32.2. The Morgan fingerprint density at radius 1 is 0.971 bits per heavy atom. The maximum Gasteiger partial charge on any atom is 0.255 e. The first-order chi connectivity index (χ1) is 15.9. The smallest absolute Gasteiger partial charge is 0.255 e. The van der Waals surface area contributed by atoms with Gasteiger partial charge < -0.3 is 14.8 Å². The van der Waals surface area contributed by atoms with Crippen LogP contribution in [0.2, 0.25) is 0 Å². The van der Waals surface area contributed by atoms with E-state index < -0.39 is 10.0 Å². The quantitative estimate of drug-likeness (QED) is 0.518. The molecule has 2 N–H and O–H groups in total. The third-order valence-corrected chi connectivity index (χ3v) is 5.54. The molecule has 180 valence electrons. The second-order valence-electron chi connectivity index (χ2n) is 8.67. The molecule has 0 aliphatic rings. The molecule has 0 aliphatic carbocycles. The summed E-state index contributed by atoms with van der Waals surface area (Å²) >= 11 is 0. The van der Waals surface area contributed by atoms with E-state index in [2.05, 4.69) is 20.0 Å². The van der Waals surface area contributed by atoms with Crippen LogP contribution < -0.4 is 19.5 Å². The number of hydrogen-bond donors (Lipinski definition) is 2. The van der Waals surface area contributed by atoms with Crippen molar-refractivity contribution in [3.8, 4) is 22.9 Å². The fourth-order valence-corrected chi connectivity index (χ4v) is 3.97. The maximum absolute atomic E-state index is 13.1. The Labute approximate surface area is 199 Å². The van der Waals surface area contributed by atoms with Crippen LogP contribution in [0.1, 0.15) is 36.7 Å². The van der Waals surface area contributed by atoms with Crippen molar-refractivity contribution in [3.05, 3.63) is 59.9 Å². The summed E-state index contributed by atoms with van der Waals surface area (Å²) in [6.45, 7) is 6.13. The van der Waals surface area contributed by atoms with Crippen LogP contribution in [0, 0.1) is 0 Å². The third-order valence-electron chi connectivity index (χ3n) is 4.93. The number of amides is 1. The number of hydrogen-bond acceptors (Lipinski definition) is 7. The molecule has 0 saturated carbocycles. The fourth-order valence-electron chi connectivity index (χ4n) is 3.41. The van der Waals surface area contributed by atoms with Gasteiger partial charge in [0.25, 0.3) is 5.91 Å². The van der Waals surface area contributed by atoms with E-state index in [1.54, 1.807) is 25.6 Å². The molecule has 1 aromatic heterocycles. The van der Waals surface area contributed by atoms with Crippen molar-refractivity contribution < 1.29 is 22.7 Å². The van der Waals surface area contributed by atoms with E-state index in [-0.39, 0.29) is 11.3 Å². The number of anilines is 2. The van der Waals surface area contributed by atoms with Gasteiger partial charge in [-0.3, -0.25) is 9.52 Å². The van der Waals surface area contributed by atoms with Gasteiger partial charge in [0, 0.05) is 34.8 Å². The van der Waals surface area contributed by atoms with Crippen molar-refractivity contribution in [3.63, 3.8) is 0 Å². The number of benzene rings is 2. The van der Waals surface area contributed by atoms with Gasteiger partial charge in [-0.25, -0.2) is 18.4 Å². The van der Waals surface area contributed by atoms with Gasteiger partial charge in [-0.2, -0.15) is 0 Å². The Morgan fingerprint density at radius 3 is 2.18 bits per heavy atom. The second-order valence-corrected chi connectivity index (χ2v) is 10.4. The number of methoxy groups -OCH3 is 2. The molecule has 0 saturated heterocycles. The van der Waals surface area contributed by atoms with E-state index in [1.807, 2.05) is 26.8 Å². The van der Waals surface area contributed by atoms with Crippen LogP contribution in [-0.2, 0) is 15.4 Å². The molecule has 10 heteroatoms. The van der Waals surface area contributed by atoms with E-state index in [4.69, 9.17) is 9.47 Å². The summed E-state index contributed by atoms with van der Waals surface area (Å²) in [7, 11) is -0.341. The molecule has 9 nitrogen and oxygen atoms in total. The molecule has 0 radical (unpaired) electrons. The average Bonchev–Trinajstić information content (AvgIpc) is 2.77. The van der Waals surface area contributed by atoms with Crippen molar-refractivity contribution in [2.45, 2.75) is 26.2 Å². The Bertz CT molecular complexity index is 1300. The predicted octanol–water partition coefficient (Wildman–Crippen LogP) is 4.08. The zero-order chi connectivity index (χ0) is 25.1. The zero-order valence-corrected chi connectivity index (χ0v) is 20.8. The lowest BCUT2D eigenvalue weighted by molar-refractivity contribution is 0.102. The lowest BCUT2D eigenvalue weighted by atomic mass is 9.84. The SMILES string of the molecule is COc1nccnc1-c1cc(NC(=O)c2ccc(NS(C)(=O)=O)cc2)c(OC)c(C(C)(C)C)c1. The second kappa shape index (κ2) is 9.68. The van der Waals surface area contributed by atoms with Gasteiger partial charge in [-0.1, -0.05) is 20.8 Å². The first kappa shape index (κ1) is 25.0. The van der Waals surface area contributed by atoms with Crippen molar-refractivity contribution in [1.82, 2.24) is 9.97 Å². The lowest BCUT2D eigenvalue weighted by Crippen LogP contribution is -2.17. The summed E-state index contributed by atoms with van der Waals surface area (Å²) in [4.78, 5) is 21.7. The van der Waals surface area contributed by atoms with Crippen molar-refractivity contribution in [2.75, 3.05) is 30.5 Å². The number of aromatic nitrogens is 2. The largest absolute Gasteiger partial charge is 0.494 e. The predicted molar refractivity (Wildman–Crippen MR) is 132 cm³/mol. The highest BCUT2D eigenvalue weighted by Crippen LogP contribution is 2.41. The van der Waals surface area contributed by atoms with Crippen LogP contribution in [0.15, 0.2) is 48.8 Å². The molecule has 1 heterocycles. The van der Waals surface area contributed by atoms with Crippen LogP contribution in [0.25, 0.3) is 11.3 Å². The number of nitrogens with zero attached hydrogens (tertiary/aromatic N) is 2. The summed E-state index contributed by atoms with van der Waals surface area (Å²) in [5.41, 5.74) is 2.96. The first-order valence-corrected chi connectivity index (χ1v) is 12.3. The minimum Gasteiger partial charge on any atom is -0.494 e. The normalized spacial score (nSPS) is 11.6. The molecule has 34 heavy (non-hydrogen) atoms. The summed E-state index contributed by atoms with van der Waals surface area (Å²) in [5.74, 6) is 0.508. The Balaban J connectivity index is 2.05. The van der Waals surface area contributed by atoms with Crippen LogP contribution in [-0.4, -0.2) is 44.8 Å². The number of rotatable bonds is 7. The monoisotopic (exact) mass is 484 g/mol. The number of carbonyl (C=O) groups is 1. The topological polar surface area (TPSA) is 120 Å². The molecular weight excluding hydrogens is 456 g/mol. The van der Waals surface area contributed by atoms with Crippen LogP contribution >= 0.6 is 0 Å². The fraction of sp³-hybridized carbons (Fsp3) is 0.292. The van der Waals surface area contributed by atoms with Gasteiger partial charge in [0.15, 0.2) is 0 Å². The standard InChI is InChI=1S/C24H28N4O5S/c1-24(2,3)18-13-16(20-23(33-5)26-12-11-25-20)14-19(21(18)32-4)27-22(29)15-7-9-17(10-8-15)28-34(6,30)31/h7-14,28H,1-6H3,(H,27,29). The van der Waals surface area contributed by atoms with Crippen LogP contribution in [0.3, 0.4) is 0 Å². The first-order valence-electron chi connectivity index (χ1n) is 10.4. The molecule has 0 atom stereocenters. The van der Waals surface area contributed by atoms with Gasteiger partial charge in [-0.05, 0) is 41.8 Å². The molecule has 3 rings (SSSR count). The minimum absolute atomic E-state index is 0.310. The Hall–Kier alpha value is -3.66. The molecule has 0 fully saturated rings. The lowest BCUT2D eigenvalue weighted by Gasteiger charge is -2.25. The summed E-state index contributed by atoms with van der Waals surface area (Å²) in [5, 5.41) is 2.91. The highest BCUT2D eigenvalue weighted by molar-refractivity contribution is 7.92. The van der Waals surface area contributed by atoms with Gasteiger partial charge >= 0.3 is 0 Å². The average molecular weight is 485 g/mol. The molecule has 0 aliphatic heterocycles. The summed E-state index contributed by atoms with van der Waals surface area (Å²) in [6, 6.07) is 9.83. The van der Waals surface area contributed by atoms with E-state index in [0.717, 1.165) is 11.8 Å². The molecule has 2 aromatic carbocycles. The van der Waals surface area contributed by atoms with E-state index >= 15 is 0 Å². The third kappa shape index (κ3) is 5.82. The summed E-state index contributed by atoms with van der Waals surface area (Å²) < 4.78 is 36.3. The van der Waals surface area contributed by atoms with E-state index in [9.17, 15) is 13.2 Å². The number of nitrogens with one attached hydrogen (secondary N) is 2. The molecular formula is C24H28N4O5S. The Kier molecular flexibility index (Phi) is 7.11. The minimum atomic E-state index is -3.41. The maximum atomic E-state index is 13.1. The van der Waals surface area contributed by atoms with Gasteiger partial charge in [-0.15, -0.1) is 0 Å². The molecule has 0 spiro atoms. The van der Waals surface area contributed by atoms with Crippen molar-refractivity contribution in [1.29, 1.82) is 0 Å². The van der Waals surface area contributed by atoms with Crippen LogP contribution in [0.4, 0.5) is 11.4 Å². The number of ether oxygens (including phenoxy) is 2. The molecule has 3 aromatic rings. The van der Waals surface area contributed by atoms with Gasteiger partial charge in [0.05, 0.1) is 26.2 Å². The zero-order valence-electron chi connectivity index (χ0n) is 20.0. The van der Waals surface area contributed by atoms with Crippen LogP contribution in [0.5, 0.6) is 11.6 Å². The van der Waals surface area contributed by atoms with Crippen molar-refractivity contribution >= 4 is 27.3 Å². The van der Waals surface area contributed by atoms with Crippen molar-refractivity contribution in [2.24, 2.45) is 0 Å². The number of sulfonamides is 1. The summed E-state index contributed by atoms with van der Waals surface area (Å²) in [6.07, 6.45) is 4.18. The van der Waals surface area contributed by atoms with E-state index in [1.165, 1.54) is 31.4 Å². The van der Waals surface area contributed by atoms with Gasteiger partial charge in [0.2, 0.25) is 15.9 Å². The Morgan fingerprint density at radius 2 is 1.62 bits per heavy atom. The highest BCUT2D eigenvalue weighted by Gasteiger charge is 2.25. The van der Waals surface area contributed by atoms with Gasteiger partial charge in [0.1, 0.15) is 11.4 Å². The molecule has 1 amide bonds. The number of carbonyl (C=O) groups excluding carboxylic acids is 1.